The number of nitrogens with zero attached hydrogens (tertiary/aromatic N) is 1. The fourth-order valence-electron chi connectivity index (χ4n) is 1.25. The van der Waals surface area contributed by atoms with Crippen molar-refractivity contribution in [1.82, 2.24) is 10.3 Å². The summed E-state index contributed by atoms with van der Waals surface area (Å²) in [6.45, 7) is 2.76. The van der Waals surface area contributed by atoms with Crippen LogP contribution in [0.25, 0.3) is 0 Å². The first-order valence-electron chi connectivity index (χ1n) is 5.21. The molecular weight excluding hydrogens is 206 g/mol. The number of nitrogens with two attached hydrogens (primary N) is 1. The Hall–Kier alpha value is -1.46. The molecule has 5 nitrogen and oxygen atoms in total. The summed E-state index contributed by atoms with van der Waals surface area (Å²) in [4.78, 5) is 15.4. The van der Waals surface area contributed by atoms with Gasteiger partial charge in [0.15, 0.2) is 0 Å². The Bertz CT molecular complexity index is 316. The highest BCUT2D eigenvalue weighted by molar-refractivity contribution is 5.77. The van der Waals surface area contributed by atoms with Gasteiger partial charge in [-0.2, -0.15) is 0 Å². The number of nitrogens with one attached hydrogen (secondary N) is 1. The van der Waals surface area contributed by atoms with Crippen LogP contribution in [-0.4, -0.2) is 30.6 Å². The van der Waals surface area contributed by atoms with Crippen molar-refractivity contribution in [3.8, 4) is 0 Å². The lowest BCUT2D eigenvalue weighted by molar-refractivity contribution is -0.126. The Morgan fingerprint density at radius 3 is 3.12 bits per heavy atom. The largest absolute Gasteiger partial charge is 0.370 e. The molecule has 0 fully saturated rings. The second-order valence-corrected chi connectivity index (χ2v) is 3.42. The van der Waals surface area contributed by atoms with Crippen LogP contribution >= 0.6 is 0 Å². The molecule has 88 valence electrons. The van der Waals surface area contributed by atoms with E-state index in [0.717, 1.165) is 5.56 Å². The van der Waals surface area contributed by atoms with E-state index < -0.39 is 0 Å². The number of hydrogen-bond donors (Lipinski definition) is 2. The zero-order valence-corrected chi connectivity index (χ0v) is 9.35. The monoisotopic (exact) mass is 223 g/mol. The summed E-state index contributed by atoms with van der Waals surface area (Å²) in [6.07, 6.45) is 3.42. The normalized spacial score (nSPS) is 12.1. The molecule has 0 saturated carbocycles. The average molecular weight is 223 g/mol. The van der Waals surface area contributed by atoms with Crippen molar-refractivity contribution in [2.24, 2.45) is 5.73 Å². The molecule has 0 spiro atoms. The van der Waals surface area contributed by atoms with Crippen LogP contribution in [0.3, 0.4) is 0 Å². The third-order valence-electron chi connectivity index (χ3n) is 2.06. The van der Waals surface area contributed by atoms with Gasteiger partial charge in [0.25, 0.3) is 0 Å². The molecule has 1 heterocycles. The van der Waals surface area contributed by atoms with Crippen molar-refractivity contribution in [3.05, 3.63) is 30.1 Å². The van der Waals surface area contributed by atoms with E-state index in [9.17, 15) is 4.79 Å². The summed E-state index contributed by atoms with van der Waals surface area (Å²) >= 11 is 0. The highest BCUT2D eigenvalue weighted by Gasteiger charge is 2.08. The van der Waals surface area contributed by atoms with Crippen LogP contribution in [0.15, 0.2) is 24.5 Å². The van der Waals surface area contributed by atoms with Gasteiger partial charge in [0, 0.05) is 18.9 Å². The first-order chi connectivity index (χ1) is 7.74. The molecule has 0 aromatic carbocycles. The number of aromatic nitrogens is 1. The summed E-state index contributed by atoms with van der Waals surface area (Å²) in [5.41, 5.74) is 6.21. The molecule has 16 heavy (non-hydrogen) atoms. The zero-order chi connectivity index (χ0) is 11.8. The molecule has 0 aliphatic heterocycles. The van der Waals surface area contributed by atoms with Crippen molar-refractivity contribution in [1.29, 1.82) is 0 Å². The molecule has 1 rings (SSSR count). The van der Waals surface area contributed by atoms with E-state index in [1.807, 2.05) is 19.1 Å². The van der Waals surface area contributed by atoms with Crippen molar-refractivity contribution in [2.75, 3.05) is 19.8 Å². The summed E-state index contributed by atoms with van der Waals surface area (Å²) in [7, 11) is 0. The van der Waals surface area contributed by atoms with Crippen LogP contribution in [-0.2, 0) is 9.53 Å². The lowest BCUT2D eigenvalue weighted by Crippen LogP contribution is -2.30. The van der Waals surface area contributed by atoms with Gasteiger partial charge in [-0.3, -0.25) is 9.78 Å². The Kier molecular flexibility index (Phi) is 5.45. The minimum atomic E-state index is -0.148. The third-order valence-corrected chi connectivity index (χ3v) is 2.06. The van der Waals surface area contributed by atoms with E-state index in [1.54, 1.807) is 12.4 Å². The predicted molar refractivity (Wildman–Crippen MR) is 60.7 cm³/mol. The molecule has 0 saturated heterocycles. The number of hydrogen-bond acceptors (Lipinski definition) is 4. The van der Waals surface area contributed by atoms with Crippen LogP contribution in [0.1, 0.15) is 18.5 Å². The van der Waals surface area contributed by atoms with Crippen molar-refractivity contribution < 1.29 is 9.53 Å². The molecule has 5 heteroatoms. The number of carbonyl (C=O) groups is 1. The van der Waals surface area contributed by atoms with E-state index in [2.05, 4.69) is 10.3 Å². The predicted octanol–water partition coefficient (Wildman–Crippen LogP) is 0.234. The molecule has 0 aliphatic rings. The molecular formula is C11H17N3O2. The number of amides is 1. The summed E-state index contributed by atoms with van der Waals surface area (Å²) in [5, 5.41) is 2.81. The van der Waals surface area contributed by atoms with Gasteiger partial charge in [0.05, 0.1) is 12.6 Å². The van der Waals surface area contributed by atoms with Crippen molar-refractivity contribution >= 4 is 5.91 Å². The second-order valence-electron chi connectivity index (χ2n) is 3.42. The Morgan fingerprint density at radius 1 is 1.69 bits per heavy atom. The van der Waals surface area contributed by atoms with Gasteiger partial charge in [-0.25, -0.2) is 0 Å². The van der Waals surface area contributed by atoms with Crippen LogP contribution in [0, 0.1) is 0 Å². The van der Waals surface area contributed by atoms with Crippen LogP contribution in [0.4, 0.5) is 0 Å². The summed E-state index contributed by atoms with van der Waals surface area (Å²) in [6, 6.07) is 3.68. The van der Waals surface area contributed by atoms with E-state index in [4.69, 9.17) is 10.5 Å². The highest BCUT2D eigenvalue weighted by atomic mass is 16.5. The quantitative estimate of drug-likeness (QED) is 0.677. The van der Waals surface area contributed by atoms with Gasteiger partial charge in [-0.05, 0) is 18.6 Å². The van der Waals surface area contributed by atoms with Crippen molar-refractivity contribution in [2.45, 2.75) is 13.0 Å². The van der Waals surface area contributed by atoms with Crippen LogP contribution in [0.2, 0.25) is 0 Å². The van der Waals surface area contributed by atoms with Crippen molar-refractivity contribution in [3.63, 3.8) is 0 Å². The van der Waals surface area contributed by atoms with Gasteiger partial charge in [-0.1, -0.05) is 6.07 Å². The summed E-state index contributed by atoms with van der Waals surface area (Å²) in [5.74, 6) is -0.148. The topological polar surface area (TPSA) is 77.2 Å². The van der Waals surface area contributed by atoms with Gasteiger partial charge in [0.2, 0.25) is 5.91 Å². The lowest BCUT2D eigenvalue weighted by atomic mass is 10.1. The number of carbonyl (C=O) groups excluding carboxylic acids is 1. The number of pyridine rings is 1. The first-order valence-corrected chi connectivity index (χ1v) is 5.21. The maximum atomic E-state index is 11.4. The highest BCUT2D eigenvalue weighted by Crippen LogP contribution is 2.09. The van der Waals surface area contributed by atoms with Crippen LogP contribution in [0.5, 0.6) is 0 Å². The van der Waals surface area contributed by atoms with Gasteiger partial charge in [0.1, 0.15) is 6.61 Å². The van der Waals surface area contributed by atoms with E-state index >= 15 is 0 Å². The third kappa shape index (κ3) is 4.37. The fraction of sp³-hybridized carbons (Fsp3) is 0.455. The zero-order valence-electron chi connectivity index (χ0n) is 9.35. The van der Waals surface area contributed by atoms with Crippen LogP contribution < -0.4 is 11.1 Å². The smallest absolute Gasteiger partial charge is 0.246 e. The van der Waals surface area contributed by atoms with E-state index in [1.165, 1.54) is 0 Å². The molecule has 1 atom stereocenters. The summed E-state index contributed by atoms with van der Waals surface area (Å²) < 4.78 is 5.03. The molecule has 0 bridgehead atoms. The number of ether oxygens (including phenoxy) is 1. The lowest BCUT2D eigenvalue weighted by Gasteiger charge is -2.13. The SMILES string of the molecule is C[C@@H](NC(=O)COCCN)c1cccnc1. The second kappa shape index (κ2) is 6.92. The first kappa shape index (κ1) is 12.6. The number of rotatable bonds is 6. The van der Waals surface area contributed by atoms with E-state index in [-0.39, 0.29) is 18.6 Å². The fourth-order valence-corrected chi connectivity index (χ4v) is 1.25. The minimum absolute atomic E-state index is 0.0435. The standard InChI is InChI=1S/C11H17N3O2/c1-9(10-3-2-5-13-7-10)14-11(15)8-16-6-4-12/h2-3,5,7,9H,4,6,8,12H2,1H3,(H,14,15)/t9-/m1/s1. The Balaban J connectivity index is 2.34. The molecule has 0 radical (unpaired) electrons. The molecule has 1 aromatic rings. The molecule has 1 aromatic heterocycles. The Labute approximate surface area is 95.0 Å². The van der Waals surface area contributed by atoms with E-state index in [0.29, 0.717) is 13.2 Å². The molecule has 1 amide bonds. The molecule has 3 N–H and O–H groups in total. The minimum Gasteiger partial charge on any atom is -0.370 e. The average Bonchev–Trinajstić information content (AvgIpc) is 2.30. The maximum Gasteiger partial charge on any atom is 0.246 e. The van der Waals surface area contributed by atoms with Gasteiger partial charge < -0.3 is 15.8 Å². The molecule has 0 unspecified atom stereocenters. The van der Waals surface area contributed by atoms with Gasteiger partial charge in [-0.15, -0.1) is 0 Å². The molecule has 0 aliphatic carbocycles. The maximum absolute atomic E-state index is 11.4. The Morgan fingerprint density at radius 2 is 2.50 bits per heavy atom. The van der Waals surface area contributed by atoms with Gasteiger partial charge >= 0.3 is 0 Å².